The number of carboxylic acid groups (broad SMARTS) is 1. The molecule has 0 radical (unpaired) electrons. The zero-order valence-corrected chi connectivity index (χ0v) is 11.8. The van der Waals surface area contributed by atoms with Crippen LogP contribution in [0.1, 0.15) is 49.1 Å². The van der Waals surface area contributed by atoms with Crippen molar-refractivity contribution in [2.45, 2.75) is 51.0 Å². The predicted octanol–water partition coefficient (Wildman–Crippen LogP) is 2.61. The number of rotatable bonds is 4. The van der Waals surface area contributed by atoms with E-state index in [1.807, 2.05) is 31.2 Å². The minimum Gasteiger partial charge on any atom is -0.481 e. The molecule has 1 aliphatic heterocycles. The molecule has 1 fully saturated rings. The zero-order valence-electron chi connectivity index (χ0n) is 11.8. The van der Waals surface area contributed by atoms with Crippen LogP contribution in [0.4, 0.5) is 0 Å². The van der Waals surface area contributed by atoms with Crippen molar-refractivity contribution in [2.24, 2.45) is 0 Å². The Bertz CT molecular complexity index is 481. The van der Waals surface area contributed by atoms with Crippen LogP contribution in [-0.2, 0) is 9.59 Å². The second kappa shape index (κ2) is 6.55. The van der Waals surface area contributed by atoms with E-state index in [0.717, 1.165) is 30.4 Å². The van der Waals surface area contributed by atoms with Crippen LogP contribution in [0, 0.1) is 6.92 Å². The fourth-order valence-corrected chi connectivity index (χ4v) is 2.80. The Balaban J connectivity index is 2.23. The maximum Gasteiger partial charge on any atom is 0.304 e. The lowest BCUT2D eigenvalue weighted by atomic mass is 9.86. The van der Waals surface area contributed by atoms with E-state index >= 15 is 0 Å². The van der Waals surface area contributed by atoms with E-state index in [1.165, 1.54) is 0 Å². The van der Waals surface area contributed by atoms with Gasteiger partial charge in [0.2, 0.25) is 5.91 Å². The van der Waals surface area contributed by atoms with Crippen LogP contribution in [0.15, 0.2) is 24.3 Å². The van der Waals surface area contributed by atoms with Crippen LogP contribution in [0.3, 0.4) is 0 Å². The summed E-state index contributed by atoms with van der Waals surface area (Å²) in [5.74, 6) is -0.945. The Morgan fingerprint density at radius 1 is 1.35 bits per heavy atom. The first kappa shape index (κ1) is 14.6. The van der Waals surface area contributed by atoms with E-state index < -0.39 is 5.97 Å². The average Bonchev–Trinajstić information content (AvgIpc) is 2.61. The Labute approximate surface area is 119 Å². The topological polar surface area (TPSA) is 66.4 Å². The number of carbonyl (C=O) groups excluding carboxylic acids is 1. The highest BCUT2D eigenvalue weighted by molar-refractivity contribution is 5.77. The van der Waals surface area contributed by atoms with E-state index in [4.69, 9.17) is 5.11 Å². The number of benzene rings is 1. The summed E-state index contributed by atoms with van der Waals surface area (Å²) >= 11 is 0. The molecule has 0 aliphatic carbocycles. The second-order valence-electron chi connectivity index (χ2n) is 5.53. The lowest BCUT2D eigenvalue weighted by molar-refractivity contribution is -0.138. The Hall–Kier alpha value is -1.84. The molecule has 2 unspecified atom stereocenters. The molecule has 1 amide bonds. The molecule has 2 N–H and O–H groups in total. The summed E-state index contributed by atoms with van der Waals surface area (Å²) in [4.78, 5) is 22.9. The van der Waals surface area contributed by atoms with Gasteiger partial charge in [0, 0.05) is 18.4 Å². The summed E-state index contributed by atoms with van der Waals surface area (Å²) in [5.41, 5.74) is 2.14. The third-order valence-corrected chi connectivity index (χ3v) is 3.90. The van der Waals surface area contributed by atoms with Crippen LogP contribution in [0.25, 0.3) is 0 Å². The van der Waals surface area contributed by atoms with Crippen molar-refractivity contribution in [3.8, 4) is 0 Å². The molecule has 108 valence electrons. The van der Waals surface area contributed by atoms with Crippen molar-refractivity contribution >= 4 is 11.9 Å². The molecule has 0 aromatic heterocycles. The van der Waals surface area contributed by atoms with Gasteiger partial charge < -0.3 is 10.4 Å². The maximum atomic E-state index is 11.7. The van der Waals surface area contributed by atoms with E-state index in [2.05, 4.69) is 5.32 Å². The van der Waals surface area contributed by atoms with Gasteiger partial charge in [0.15, 0.2) is 0 Å². The summed E-state index contributed by atoms with van der Waals surface area (Å²) in [6.45, 7) is 2.00. The molecule has 1 aromatic rings. The van der Waals surface area contributed by atoms with Crippen molar-refractivity contribution in [1.29, 1.82) is 0 Å². The average molecular weight is 275 g/mol. The molecule has 4 heteroatoms. The molecule has 0 spiro atoms. The fraction of sp³-hybridized carbons (Fsp3) is 0.500. The lowest BCUT2D eigenvalue weighted by Gasteiger charge is -2.26. The largest absolute Gasteiger partial charge is 0.481 e. The normalized spacial score (nSPS) is 20.9. The molecule has 1 aliphatic rings. The fourth-order valence-electron chi connectivity index (χ4n) is 2.80. The number of aliphatic carboxylic acids is 1. The molecule has 1 heterocycles. The van der Waals surface area contributed by atoms with Gasteiger partial charge in [0.25, 0.3) is 0 Å². The highest BCUT2D eigenvalue weighted by Gasteiger charge is 2.28. The summed E-state index contributed by atoms with van der Waals surface area (Å²) in [5, 5.41) is 12.1. The van der Waals surface area contributed by atoms with Gasteiger partial charge in [-0.3, -0.25) is 9.59 Å². The van der Waals surface area contributed by atoms with E-state index in [0.29, 0.717) is 6.42 Å². The molecule has 1 saturated heterocycles. The number of amides is 1. The molecule has 2 rings (SSSR count). The Kier molecular flexibility index (Phi) is 4.77. The minimum absolute atomic E-state index is 0.0370. The van der Waals surface area contributed by atoms with Gasteiger partial charge in [-0.05, 0) is 25.3 Å². The SMILES string of the molecule is Cc1ccc(C(CC(=O)O)C2CCCCC(=O)N2)cc1. The second-order valence-corrected chi connectivity index (χ2v) is 5.53. The van der Waals surface area contributed by atoms with E-state index in [1.54, 1.807) is 0 Å². The van der Waals surface area contributed by atoms with Crippen molar-refractivity contribution in [3.63, 3.8) is 0 Å². The molecular weight excluding hydrogens is 254 g/mol. The molecule has 20 heavy (non-hydrogen) atoms. The molecular formula is C16H21NO3. The monoisotopic (exact) mass is 275 g/mol. The number of hydrogen-bond acceptors (Lipinski definition) is 2. The van der Waals surface area contributed by atoms with Crippen LogP contribution in [0.5, 0.6) is 0 Å². The molecule has 2 atom stereocenters. The van der Waals surface area contributed by atoms with Crippen LogP contribution in [-0.4, -0.2) is 23.0 Å². The highest BCUT2D eigenvalue weighted by Crippen LogP contribution is 2.28. The van der Waals surface area contributed by atoms with E-state index in [9.17, 15) is 9.59 Å². The van der Waals surface area contributed by atoms with Gasteiger partial charge >= 0.3 is 5.97 Å². The third kappa shape index (κ3) is 3.83. The molecule has 0 saturated carbocycles. The number of hydrogen-bond donors (Lipinski definition) is 2. The van der Waals surface area contributed by atoms with Crippen molar-refractivity contribution in [1.82, 2.24) is 5.32 Å². The van der Waals surface area contributed by atoms with Crippen LogP contribution < -0.4 is 5.32 Å². The van der Waals surface area contributed by atoms with Gasteiger partial charge in [-0.15, -0.1) is 0 Å². The standard InChI is InChI=1S/C16H21NO3/c1-11-6-8-12(9-7-11)13(10-16(19)20)14-4-2-3-5-15(18)17-14/h6-9,13-14H,2-5,10H2,1H3,(H,17,18)(H,19,20). The number of nitrogens with one attached hydrogen (secondary N) is 1. The molecule has 0 bridgehead atoms. The highest BCUT2D eigenvalue weighted by atomic mass is 16.4. The first-order valence-corrected chi connectivity index (χ1v) is 7.14. The molecule has 1 aromatic carbocycles. The van der Waals surface area contributed by atoms with Gasteiger partial charge in [0.1, 0.15) is 0 Å². The number of carboxylic acids is 1. The van der Waals surface area contributed by atoms with Gasteiger partial charge in [0.05, 0.1) is 6.42 Å². The third-order valence-electron chi connectivity index (χ3n) is 3.90. The van der Waals surface area contributed by atoms with Crippen molar-refractivity contribution in [3.05, 3.63) is 35.4 Å². The summed E-state index contributed by atoms with van der Waals surface area (Å²) in [7, 11) is 0. The summed E-state index contributed by atoms with van der Waals surface area (Å²) < 4.78 is 0. The Morgan fingerprint density at radius 2 is 2.05 bits per heavy atom. The van der Waals surface area contributed by atoms with Gasteiger partial charge in [-0.1, -0.05) is 36.2 Å². The number of carbonyl (C=O) groups is 2. The summed E-state index contributed by atoms with van der Waals surface area (Å²) in [6.07, 6.45) is 3.29. The predicted molar refractivity (Wildman–Crippen MR) is 76.6 cm³/mol. The van der Waals surface area contributed by atoms with Gasteiger partial charge in [-0.2, -0.15) is 0 Å². The van der Waals surface area contributed by atoms with Gasteiger partial charge in [-0.25, -0.2) is 0 Å². The first-order chi connectivity index (χ1) is 9.56. The van der Waals surface area contributed by atoms with Crippen molar-refractivity contribution in [2.75, 3.05) is 0 Å². The van der Waals surface area contributed by atoms with Crippen LogP contribution >= 0.6 is 0 Å². The minimum atomic E-state index is -0.825. The quantitative estimate of drug-likeness (QED) is 0.887. The molecule has 4 nitrogen and oxygen atoms in total. The lowest BCUT2D eigenvalue weighted by Crippen LogP contribution is -2.38. The zero-order chi connectivity index (χ0) is 14.5. The van der Waals surface area contributed by atoms with E-state index in [-0.39, 0.29) is 24.3 Å². The smallest absolute Gasteiger partial charge is 0.304 e. The van der Waals surface area contributed by atoms with Crippen LogP contribution in [0.2, 0.25) is 0 Å². The first-order valence-electron chi connectivity index (χ1n) is 7.14. The maximum absolute atomic E-state index is 11.7. The summed E-state index contributed by atoms with van der Waals surface area (Å²) in [6, 6.07) is 7.84. The Morgan fingerprint density at radius 3 is 2.70 bits per heavy atom. The van der Waals surface area contributed by atoms with Crippen molar-refractivity contribution < 1.29 is 14.7 Å². The number of aryl methyl sites for hydroxylation is 1.